The molecule has 0 radical (unpaired) electrons. The summed E-state index contributed by atoms with van der Waals surface area (Å²) in [5.41, 5.74) is 0.865. The molecule has 0 fully saturated rings. The SMILES string of the molecule is C=CC(=O)Nc1cc2c(Nc3ccc(F)c(C)c3F)ncnc2cc1OC. The first-order valence-corrected chi connectivity index (χ1v) is 7.92. The van der Waals surface area contributed by atoms with Crippen molar-refractivity contribution in [3.8, 4) is 5.75 Å². The number of anilines is 3. The summed E-state index contributed by atoms with van der Waals surface area (Å²) in [6, 6.07) is 5.68. The monoisotopic (exact) mass is 370 g/mol. The first-order valence-electron chi connectivity index (χ1n) is 7.92. The maximum atomic E-state index is 14.3. The zero-order valence-electron chi connectivity index (χ0n) is 14.6. The maximum Gasteiger partial charge on any atom is 0.247 e. The minimum Gasteiger partial charge on any atom is -0.494 e. The molecule has 1 heterocycles. The molecule has 3 rings (SSSR count). The van der Waals surface area contributed by atoms with Gasteiger partial charge in [-0.05, 0) is 31.2 Å². The van der Waals surface area contributed by atoms with Gasteiger partial charge in [0.1, 0.15) is 23.7 Å². The number of nitrogens with zero attached hydrogens (tertiary/aromatic N) is 2. The van der Waals surface area contributed by atoms with Crippen LogP contribution in [0.2, 0.25) is 0 Å². The predicted octanol–water partition coefficient (Wildman–Crippen LogP) is 4.09. The number of nitrogens with one attached hydrogen (secondary N) is 2. The molecule has 1 aromatic heterocycles. The zero-order valence-corrected chi connectivity index (χ0v) is 14.6. The molecule has 8 heteroatoms. The van der Waals surface area contributed by atoms with E-state index >= 15 is 0 Å². The average Bonchev–Trinajstić information content (AvgIpc) is 2.68. The van der Waals surface area contributed by atoms with Crippen molar-refractivity contribution in [2.24, 2.45) is 0 Å². The third-order valence-electron chi connectivity index (χ3n) is 3.97. The van der Waals surface area contributed by atoms with Gasteiger partial charge in [-0.25, -0.2) is 18.7 Å². The number of ether oxygens (including phenoxy) is 1. The molecule has 0 atom stereocenters. The number of halogens is 2. The topological polar surface area (TPSA) is 76.1 Å². The second kappa shape index (κ2) is 7.36. The number of methoxy groups -OCH3 is 1. The van der Waals surface area contributed by atoms with Crippen LogP contribution in [-0.4, -0.2) is 23.0 Å². The Morgan fingerprint density at radius 1 is 1.22 bits per heavy atom. The Bertz CT molecular complexity index is 1050. The first-order chi connectivity index (χ1) is 12.9. The van der Waals surface area contributed by atoms with Gasteiger partial charge in [-0.15, -0.1) is 0 Å². The molecule has 0 aliphatic heterocycles. The molecule has 6 nitrogen and oxygen atoms in total. The normalized spacial score (nSPS) is 10.5. The van der Waals surface area contributed by atoms with Crippen molar-refractivity contribution in [3.63, 3.8) is 0 Å². The van der Waals surface area contributed by atoms with Crippen LogP contribution < -0.4 is 15.4 Å². The summed E-state index contributed by atoms with van der Waals surface area (Å²) in [4.78, 5) is 20.0. The molecule has 138 valence electrons. The van der Waals surface area contributed by atoms with E-state index < -0.39 is 17.5 Å². The molecule has 0 saturated heterocycles. The van der Waals surface area contributed by atoms with Crippen LogP contribution in [0.5, 0.6) is 5.75 Å². The van der Waals surface area contributed by atoms with Crippen LogP contribution in [0.4, 0.5) is 26.0 Å². The Morgan fingerprint density at radius 3 is 2.70 bits per heavy atom. The summed E-state index contributed by atoms with van der Waals surface area (Å²) in [6.07, 6.45) is 2.43. The Hall–Kier alpha value is -3.55. The number of fused-ring (bicyclic) bond motifs is 1. The second-order valence-electron chi connectivity index (χ2n) is 5.64. The minimum atomic E-state index is -0.713. The third kappa shape index (κ3) is 3.55. The van der Waals surface area contributed by atoms with E-state index in [1.807, 2.05) is 0 Å². The van der Waals surface area contributed by atoms with Gasteiger partial charge in [0.2, 0.25) is 5.91 Å². The lowest BCUT2D eigenvalue weighted by molar-refractivity contribution is -0.111. The standard InChI is InChI=1S/C19H16F2N4O2/c1-4-17(26)24-15-7-11-14(8-16(15)27-3)22-9-23-19(11)25-13-6-5-12(20)10(2)18(13)21/h4-9H,1H2,2-3H3,(H,24,26)(H,22,23,25). The number of benzene rings is 2. The summed E-state index contributed by atoms with van der Waals surface area (Å²) in [6.45, 7) is 4.76. The van der Waals surface area contributed by atoms with Gasteiger partial charge in [0.05, 0.1) is 24.0 Å². The number of aromatic nitrogens is 2. The van der Waals surface area contributed by atoms with Gasteiger partial charge >= 0.3 is 0 Å². The van der Waals surface area contributed by atoms with Gasteiger partial charge < -0.3 is 15.4 Å². The summed E-state index contributed by atoms with van der Waals surface area (Å²) in [5.74, 6) is -1.08. The van der Waals surface area contributed by atoms with E-state index in [1.165, 1.54) is 32.5 Å². The third-order valence-corrected chi connectivity index (χ3v) is 3.97. The van der Waals surface area contributed by atoms with E-state index in [1.54, 1.807) is 12.1 Å². The smallest absolute Gasteiger partial charge is 0.247 e. The Balaban J connectivity index is 2.11. The van der Waals surface area contributed by atoms with E-state index in [0.29, 0.717) is 28.2 Å². The lowest BCUT2D eigenvalue weighted by Crippen LogP contribution is -2.09. The summed E-state index contributed by atoms with van der Waals surface area (Å²) in [5, 5.41) is 6.00. The molecule has 0 unspecified atom stereocenters. The van der Waals surface area contributed by atoms with Crippen LogP contribution in [-0.2, 0) is 4.79 Å². The maximum absolute atomic E-state index is 14.3. The number of carbonyl (C=O) groups excluding carboxylic acids is 1. The van der Waals surface area contributed by atoms with Crippen LogP contribution >= 0.6 is 0 Å². The Labute approximate surface area is 153 Å². The van der Waals surface area contributed by atoms with E-state index in [-0.39, 0.29) is 11.3 Å². The Kier molecular flexibility index (Phi) is 4.98. The number of rotatable bonds is 5. The van der Waals surface area contributed by atoms with Crippen molar-refractivity contribution >= 4 is 34.0 Å². The van der Waals surface area contributed by atoms with E-state index in [2.05, 4.69) is 27.2 Å². The summed E-state index contributed by atoms with van der Waals surface area (Å²) in [7, 11) is 1.46. The fourth-order valence-electron chi connectivity index (χ4n) is 2.52. The second-order valence-corrected chi connectivity index (χ2v) is 5.64. The molecule has 0 bridgehead atoms. The highest BCUT2D eigenvalue weighted by molar-refractivity contribution is 6.03. The highest BCUT2D eigenvalue weighted by Crippen LogP contribution is 2.33. The first kappa shape index (κ1) is 18.2. The fraction of sp³-hybridized carbons (Fsp3) is 0.105. The molecule has 0 spiro atoms. The minimum absolute atomic E-state index is 0.0707. The van der Waals surface area contributed by atoms with Gasteiger partial charge in [0.25, 0.3) is 0 Å². The van der Waals surface area contributed by atoms with Crippen molar-refractivity contribution in [2.75, 3.05) is 17.7 Å². The van der Waals surface area contributed by atoms with Crippen molar-refractivity contribution < 1.29 is 18.3 Å². The molecule has 2 N–H and O–H groups in total. The molecule has 27 heavy (non-hydrogen) atoms. The van der Waals surface area contributed by atoms with Gasteiger partial charge in [0, 0.05) is 17.0 Å². The molecule has 2 aromatic carbocycles. The van der Waals surface area contributed by atoms with Crippen LogP contribution in [0.3, 0.4) is 0 Å². The summed E-state index contributed by atoms with van der Waals surface area (Å²) < 4.78 is 33.1. The van der Waals surface area contributed by atoms with E-state index in [9.17, 15) is 13.6 Å². The molecule has 3 aromatic rings. The highest BCUT2D eigenvalue weighted by atomic mass is 19.1. The molecular formula is C19H16F2N4O2. The molecular weight excluding hydrogens is 354 g/mol. The molecule has 0 aliphatic carbocycles. The number of amides is 1. The quantitative estimate of drug-likeness (QED) is 0.662. The fourth-order valence-corrected chi connectivity index (χ4v) is 2.52. The van der Waals surface area contributed by atoms with Crippen molar-refractivity contribution in [2.45, 2.75) is 6.92 Å². The Morgan fingerprint density at radius 2 is 2.00 bits per heavy atom. The molecule has 0 aliphatic rings. The number of hydrogen-bond donors (Lipinski definition) is 2. The van der Waals surface area contributed by atoms with Crippen molar-refractivity contribution in [1.82, 2.24) is 9.97 Å². The molecule has 1 amide bonds. The van der Waals surface area contributed by atoms with Gasteiger partial charge in [-0.3, -0.25) is 4.79 Å². The highest BCUT2D eigenvalue weighted by Gasteiger charge is 2.15. The zero-order chi connectivity index (χ0) is 19.6. The van der Waals surface area contributed by atoms with Crippen LogP contribution in [0, 0.1) is 18.6 Å². The predicted molar refractivity (Wildman–Crippen MR) is 99.3 cm³/mol. The van der Waals surface area contributed by atoms with Gasteiger partial charge in [-0.2, -0.15) is 0 Å². The average molecular weight is 370 g/mol. The van der Waals surface area contributed by atoms with E-state index in [0.717, 1.165) is 6.08 Å². The van der Waals surface area contributed by atoms with Crippen molar-refractivity contribution in [3.05, 3.63) is 60.4 Å². The number of carbonyl (C=O) groups is 1. The lowest BCUT2D eigenvalue weighted by atomic mass is 10.1. The van der Waals surface area contributed by atoms with Crippen LogP contribution in [0.25, 0.3) is 10.9 Å². The van der Waals surface area contributed by atoms with E-state index in [4.69, 9.17) is 4.74 Å². The van der Waals surface area contributed by atoms with Crippen LogP contribution in [0.15, 0.2) is 43.2 Å². The lowest BCUT2D eigenvalue weighted by Gasteiger charge is -2.14. The number of hydrogen-bond acceptors (Lipinski definition) is 5. The largest absolute Gasteiger partial charge is 0.494 e. The van der Waals surface area contributed by atoms with Crippen molar-refractivity contribution in [1.29, 1.82) is 0 Å². The van der Waals surface area contributed by atoms with Crippen LogP contribution in [0.1, 0.15) is 5.56 Å². The van der Waals surface area contributed by atoms with Gasteiger partial charge in [0.15, 0.2) is 5.82 Å². The van der Waals surface area contributed by atoms with Gasteiger partial charge in [-0.1, -0.05) is 6.58 Å². The molecule has 0 saturated carbocycles. The summed E-state index contributed by atoms with van der Waals surface area (Å²) >= 11 is 0.